The number of rotatable bonds is 4. The van der Waals surface area contributed by atoms with E-state index in [2.05, 4.69) is 67.5 Å². The summed E-state index contributed by atoms with van der Waals surface area (Å²) in [4.78, 5) is 0. The van der Waals surface area contributed by atoms with E-state index < -0.39 is 0 Å². The molecule has 1 heteroatoms. The van der Waals surface area contributed by atoms with Gasteiger partial charge < -0.3 is 0 Å². The molecular weight excluding hydrogens is 223 g/mol. The van der Waals surface area contributed by atoms with E-state index in [0.717, 1.165) is 0 Å². The summed E-state index contributed by atoms with van der Waals surface area (Å²) >= 11 is 0. The second-order valence-electron chi connectivity index (χ2n) is 6.63. The zero-order valence-corrected chi connectivity index (χ0v) is 13.4. The molecule has 103 valence electrons. The van der Waals surface area contributed by atoms with Gasteiger partial charge in [0.2, 0.25) is 0 Å². The van der Waals surface area contributed by atoms with Crippen LogP contribution < -0.4 is 0 Å². The molecule has 1 rings (SSSR count). The van der Waals surface area contributed by atoms with Gasteiger partial charge in [0.05, 0.1) is 0 Å². The summed E-state index contributed by atoms with van der Waals surface area (Å²) in [6.07, 6.45) is 0. The summed E-state index contributed by atoms with van der Waals surface area (Å²) in [5.41, 5.74) is 5.80. The first-order chi connectivity index (χ1) is 8.25. The SMILES string of the molecule is CC(C)c1[c]c(C(C)C)c(C(C)C)cc1C(C)C.[LiH]. The van der Waals surface area contributed by atoms with Gasteiger partial charge in [0.1, 0.15) is 0 Å². The van der Waals surface area contributed by atoms with Crippen LogP contribution in [0, 0.1) is 6.07 Å². The van der Waals surface area contributed by atoms with Crippen molar-refractivity contribution in [2.75, 3.05) is 0 Å². The topological polar surface area (TPSA) is 0 Å². The Balaban J connectivity index is 0.00000324. The van der Waals surface area contributed by atoms with Gasteiger partial charge in [-0.25, -0.2) is 0 Å². The van der Waals surface area contributed by atoms with Crippen LogP contribution in [-0.2, 0) is 0 Å². The molecule has 1 aromatic rings. The standard InChI is InChI=1S/C18H29.Li.H/c1-11(2)15-9-17(13(5)6)18(14(7)8)10-16(15)12(3)4;;/h9,11-14H,1-8H3;;. The Morgan fingerprint density at radius 1 is 0.632 bits per heavy atom. The Bertz CT molecular complexity index is 326. The zero-order chi connectivity index (χ0) is 14.0. The van der Waals surface area contributed by atoms with Crippen molar-refractivity contribution in [1.29, 1.82) is 0 Å². The Morgan fingerprint density at radius 2 is 0.947 bits per heavy atom. The average Bonchev–Trinajstić information content (AvgIpc) is 2.26. The fourth-order valence-corrected chi connectivity index (χ4v) is 2.52. The van der Waals surface area contributed by atoms with Crippen LogP contribution in [0.1, 0.15) is 101 Å². The van der Waals surface area contributed by atoms with Crippen molar-refractivity contribution in [2.45, 2.75) is 79.1 Å². The minimum absolute atomic E-state index is 0. The predicted molar refractivity (Wildman–Crippen MR) is 88.8 cm³/mol. The fourth-order valence-electron chi connectivity index (χ4n) is 2.52. The molecule has 0 spiro atoms. The first-order valence-electron chi connectivity index (χ1n) is 7.35. The van der Waals surface area contributed by atoms with E-state index in [-0.39, 0.29) is 18.9 Å². The van der Waals surface area contributed by atoms with Crippen molar-refractivity contribution >= 4 is 18.9 Å². The Labute approximate surface area is 132 Å². The number of benzene rings is 1. The zero-order valence-electron chi connectivity index (χ0n) is 13.4. The van der Waals surface area contributed by atoms with Gasteiger partial charge in [-0.1, -0.05) is 61.5 Å². The van der Waals surface area contributed by atoms with E-state index >= 15 is 0 Å². The van der Waals surface area contributed by atoms with Gasteiger partial charge in [-0.05, 0) is 52.0 Å². The van der Waals surface area contributed by atoms with Crippen molar-refractivity contribution < 1.29 is 0 Å². The first-order valence-corrected chi connectivity index (χ1v) is 7.35. The normalized spacial score (nSPS) is 11.6. The van der Waals surface area contributed by atoms with Crippen molar-refractivity contribution in [3.8, 4) is 0 Å². The van der Waals surface area contributed by atoms with E-state index in [0.29, 0.717) is 23.7 Å². The van der Waals surface area contributed by atoms with E-state index in [1.54, 1.807) is 0 Å². The van der Waals surface area contributed by atoms with Gasteiger partial charge in [0, 0.05) is 0 Å². The molecule has 0 aliphatic heterocycles. The summed E-state index contributed by atoms with van der Waals surface area (Å²) in [7, 11) is 0. The minimum atomic E-state index is 0. The summed E-state index contributed by atoms with van der Waals surface area (Å²) in [5, 5.41) is 0. The predicted octanol–water partition coefficient (Wildman–Crippen LogP) is 5.33. The van der Waals surface area contributed by atoms with Crippen LogP contribution in [0.15, 0.2) is 6.07 Å². The molecule has 0 fully saturated rings. The van der Waals surface area contributed by atoms with Crippen LogP contribution in [0.4, 0.5) is 0 Å². The molecule has 0 amide bonds. The molecule has 0 saturated heterocycles. The maximum atomic E-state index is 3.74. The van der Waals surface area contributed by atoms with Crippen molar-refractivity contribution in [1.82, 2.24) is 0 Å². The van der Waals surface area contributed by atoms with E-state index in [1.807, 2.05) is 0 Å². The molecule has 1 radical (unpaired) electrons. The van der Waals surface area contributed by atoms with E-state index in [9.17, 15) is 0 Å². The quantitative estimate of drug-likeness (QED) is 0.636. The van der Waals surface area contributed by atoms with Gasteiger partial charge in [-0.3, -0.25) is 0 Å². The van der Waals surface area contributed by atoms with Crippen molar-refractivity contribution in [3.05, 3.63) is 34.4 Å². The second kappa shape index (κ2) is 7.56. The number of hydrogen-bond donors (Lipinski definition) is 0. The van der Waals surface area contributed by atoms with Crippen molar-refractivity contribution in [2.24, 2.45) is 0 Å². The van der Waals surface area contributed by atoms with E-state index in [4.69, 9.17) is 0 Å². The van der Waals surface area contributed by atoms with Gasteiger partial charge in [0.25, 0.3) is 0 Å². The van der Waals surface area contributed by atoms with Gasteiger partial charge in [0.15, 0.2) is 0 Å². The Hall–Kier alpha value is -0.183. The molecule has 0 aromatic heterocycles. The van der Waals surface area contributed by atoms with Gasteiger partial charge in [-0.2, -0.15) is 0 Å². The van der Waals surface area contributed by atoms with Crippen LogP contribution in [0.3, 0.4) is 0 Å². The number of hydrogen-bond acceptors (Lipinski definition) is 0. The maximum absolute atomic E-state index is 3.74. The van der Waals surface area contributed by atoms with Crippen molar-refractivity contribution in [3.63, 3.8) is 0 Å². The first kappa shape index (κ1) is 18.8. The molecule has 19 heavy (non-hydrogen) atoms. The molecular formula is C18H30Li. The Morgan fingerprint density at radius 3 is 1.16 bits per heavy atom. The van der Waals surface area contributed by atoms with Crippen LogP contribution in [0.25, 0.3) is 0 Å². The average molecular weight is 253 g/mol. The fraction of sp³-hybridized carbons (Fsp3) is 0.667. The van der Waals surface area contributed by atoms with Gasteiger partial charge >= 0.3 is 18.9 Å². The molecule has 0 saturated carbocycles. The second-order valence-corrected chi connectivity index (χ2v) is 6.63. The molecule has 0 nitrogen and oxygen atoms in total. The summed E-state index contributed by atoms with van der Waals surface area (Å²) < 4.78 is 0. The molecule has 0 heterocycles. The third-order valence-corrected chi connectivity index (χ3v) is 3.60. The monoisotopic (exact) mass is 253 g/mol. The Kier molecular flexibility index (Phi) is 7.49. The third kappa shape index (κ3) is 4.40. The van der Waals surface area contributed by atoms with Crippen LogP contribution in [0.5, 0.6) is 0 Å². The van der Waals surface area contributed by atoms with Crippen LogP contribution in [0.2, 0.25) is 0 Å². The molecule has 0 aliphatic rings. The molecule has 0 bridgehead atoms. The molecule has 0 aliphatic carbocycles. The molecule has 1 aromatic carbocycles. The third-order valence-electron chi connectivity index (χ3n) is 3.60. The van der Waals surface area contributed by atoms with Crippen LogP contribution >= 0.6 is 0 Å². The summed E-state index contributed by atoms with van der Waals surface area (Å²) in [5.74, 6) is 2.27. The van der Waals surface area contributed by atoms with Crippen LogP contribution in [-0.4, -0.2) is 18.9 Å². The molecule has 0 unspecified atom stereocenters. The summed E-state index contributed by atoms with van der Waals surface area (Å²) in [6, 6.07) is 6.18. The summed E-state index contributed by atoms with van der Waals surface area (Å²) in [6.45, 7) is 18.2. The van der Waals surface area contributed by atoms with E-state index in [1.165, 1.54) is 22.3 Å². The molecule has 0 atom stereocenters. The molecule has 0 N–H and O–H groups in total. The van der Waals surface area contributed by atoms with Gasteiger partial charge in [-0.15, -0.1) is 0 Å².